The first kappa shape index (κ1) is 13.5. The van der Waals surface area contributed by atoms with Gasteiger partial charge < -0.3 is 15.4 Å². The van der Waals surface area contributed by atoms with E-state index >= 15 is 0 Å². The summed E-state index contributed by atoms with van der Waals surface area (Å²) in [5.74, 6) is -0.0241. The van der Waals surface area contributed by atoms with Crippen molar-refractivity contribution in [3.63, 3.8) is 0 Å². The number of hydrogen-bond donors (Lipinski definition) is 2. The minimum Gasteiger partial charge on any atom is -0.383 e. The number of benzene rings is 1. The maximum Gasteiger partial charge on any atom is 0.239 e. The first-order valence-corrected chi connectivity index (χ1v) is 5.84. The summed E-state index contributed by atoms with van der Waals surface area (Å²) in [5.41, 5.74) is 2.24. The van der Waals surface area contributed by atoms with Crippen LogP contribution in [0.25, 0.3) is 0 Å². The lowest BCUT2D eigenvalue weighted by atomic mass is 10.1. The van der Waals surface area contributed by atoms with Crippen molar-refractivity contribution in [1.82, 2.24) is 5.32 Å². The lowest BCUT2D eigenvalue weighted by Crippen LogP contribution is -2.32. The number of aryl methyl sites for hydroxylation is 1. The first-order chi connectivity index (χ1) is 8.26. The third kappa shape index (κ3) is 5.36. The number of carbonyl (C=O) groups excluding carboxylic acids is 1. The highest BCUT2D eigenvalue weighted by Crippen LogP contribution is 2.10. The molecule has 0 saturated heterocycles. The van der Waals surface area contributed by atoms with Gasteiger partial charge in [-0.3, -0.25) is 4.79 Å². The molecule has 0 spiro atoms. The Morgan fingerprint density at radius 1 is 1.41 bits per heavy atom. The first-order valence-electron chi connectivity index (χ1n) is 5.84. The van der Waals surface area contributed by atoms with Gasteiger partial charge in [-0.1, -0.05) is 19.1 Å². The maximum atomic E-state index is 11.4. The fraction of sp³-hybridized carbons (Fsp3) is 0.462. The molecule has 0 aliphatic carbocycles. The highest BCUT2D eigenvalue weighted by molar-refractivity contribution is 5.80. The molecule has 4 heteroatoms. The molecule has 1 rings (SSSR count). The Labute approximate surface area is 102 Å². The van der Waals surface area contributed by atoms with Crippen molar-refractivity contribution in [2.45, 2.75) is 13.3 Å². The zero-order chi connectivity index (χ0) is 12.5. The summed E-state index contributed by atoms with van der Waals surface area (Å²) in [7, 11) is 1.61. The van der Waals surface area contributed by atoms with Crippen LogP contribution >= 0.6 is 0 Å². The van der Waals surface area contributed by atoms with E-state index in [2.05, 4.69) is 29.7 Å². The third-order valence-corrected chi connectivity index (χ3v) is 2.42. The summed E-state index contributed by atoms with van der Waals surface area (Å²) >= 11 is 0. The molecule has 2 N–H and O–H groups in total. The fourth-order valence-corrected chi connectivity index (χ4v) is 1.44. The van der Waals surface area contributed by atoms with Crippen molar-refractivity contribution >= 4 is 11.6 Å². The number of ether oxygens (including phenoxy) is 1. The number of rotatable bonds is 7. The number of amides is 1. The zero-order valence-electron chi connectivity index (χ0n) is 10.5. The molecule has 0 aliphatic heterocycles. The van der Waals surface area contributed by atoms with Crippen LogP contribution in [0.3, 0.4) is 0 Å². The molecule has 0 aromatic heterocycles. The molecule has 0 aliphatic rings. The minimum absolute atomic E-state index is 0.0241. The summed E-state index contributed by atoms with van der Waals surface area (Å²) in [6.45, 7) is 3.48. The van der Waals surface area contributed by atoms with Crippen LogP contribution in [0.4, 0.5) is 5.69 Å². The molecule has 0 bridgehead atoms. The zero-order valence-corrected chi connectivity index (χ0v) is 10.5. The quantitative estimate of drug-likeness (QED) is 0.704. The smallest absolute Gasteiger partial charge is 0.239 e. The van der Waals surface area contributed by atoms with Crippen molar-refractivity contribution in [2.24, 2.45) is 0 Å². The average molecular weight is 236 g/mol. The molecule has 0 heterocycles. The molecular formula is C13H20N2O2. The van der Waals surface area contributed by atoms with Crippen LogP contribution in [0.5, 0.6) is 0 Å². The van der Waals surface area contributed by atoms with Gasteiger partial charge in [-0.05, 0) is 24.1 Å². The number of hydrogen-bond acceptors (Lipinski definition) is 3. The van der Waals surface area contributed by atoms with Gasteiger partial charge in [0.15, 0.2) is 0 Å². The van der Waals surface area contributed by atoms with Crippen molar-refractivity contribution < 1.29 is 9.53 Å². The van der Waals surface area contributed by atoms with E-state index in [1.54, 1.807) is 7.11 Å². The molecule has 94 valence electrons. The van der Waals surface area contributed by atoms with Gasteiger partial charge in [0.1, 0.15) is 0 Å². The normalized spacial score (nSPS) is 10.0. The van der Waals surface area contributed by atoms with Gasteiger partial charge in [0.2, 0.25) is 5.91 Å². The number of nitrogens with one attached hydrogen (secondary N) is 2. The Morgan fingerprint density at radius 2 is 2.24 bits per heavy atom. The molecule has 0 saturated carbocycles. The molecular weight excluding hydrogens is 216 g/mol. The summed E-state index contributed by atoms with van der Waals surface area (Å²) in [6, 6.07) is 8.08. The van der Waals surface area contributed by atoms with Crippen molar-refractivity contribution in [1.29, 1.82) is 0 Å². The highest BCUT2D eigenvalue weighted by Gasteiger charge is 2.00. The van der Waals surface area contributed by atoms with E-state index in [9.17, 15) is 4.79 Å². The molecule has 17 heavy (non-hydrogen) atoms. The molecule has 1 amide bonds. The summed E-state index contributed by atoms with van der Waals surface area (Å²) < 4.78 is 4.85. The van der Waals surface area contributed by atoms with E-state index in [0.717, 1.165) is 12.1 Å². The van der Waals surface area contributed by atoms with Gasteiger partial charge in [-0.25, -0.2) is 0 Å². The Hall–Kier alpha value is -1.55. The van der Waals surface area contributed by atoms with E-state index in [1.807, 2.05) is 12.1 Å². The second-order valence-corrected chi connectivity index (χ2v) is 3.75. The monoisotopic (exact) mass is 236 g/mol. The maximum absolute atomic E-state index is 11.4. The molecule has 0 radical (unpaired) electrons. The van der Waals surface area contributed by atoms with E-state index in [-0.39, 0.29) is 12.5 Å². The van der Waals surface area contributed by atoms with Gasteiger partial charge in [-0.15, -0.1) is 0 Å². The van der Waals surface area contributed by atoms with Crippen LogP contribution in [0.1, 0.15) is 12.5 Å². The van der Waals surface area contributed by atoms with E-state index in [0.29, 0.717) is 13.2 Å². The number of methoxy groups -OCH3 is 1. The van der Waals surface area contributed by atoms with Crippen LogP contribution in [-0.4, -0.2) is 32.7 Å². The Bertz CT molecular complexity index is 353. The Morgan fingerprint density at radius 3 is 2.94 bits per heavy atom. The van der Waals surface area contributed by atoms with Gasteiger partial charge in [0.25, 0.3) is 0 Å². The lowest BCUT2D eigenvalue weighted by Gasteiger charge is -2.08. The second-order valence-electron chi connectivity index (χ2n) is 3.75. The lowest BCUT2D eigenvalue weighted by molar-refractivity contribution is -0.119. The Balaban J connectivity index is 2.31. The standard InChI is InChI=1S/C13H20N2O2/c1-3-11-5-4-6-12(9-11)15-10-13(16)14-7-8-17-2/h4-6,9,15H,3,7-8,10H2,1-2H3,(H,14,16). The fourth-order valence-electron chi connectivity index (χ4n) is 1.44. The van der Waals surface area contributed by atoms with Crippen molar-refractivity contribution in [3.8, 4) is 0 Å². The van der Waals surface area contributed by atoms with Crippen molar-refractivity contribution in [2.75, 3.05) is 32.1 Å². The van der Waals surface area contributed by atoms with Gasteiger partial charge in [-0.2, -0.15) is 0 Å². The predicted molar refractivity (Wildman–Crippen MR) is 69.2 cm³/mol. The van der Waals surface area contributed by atoms with E-state index in [4.69, 9.17) is 4.74 Å². The van der Waals surface area contributed by atoms with Gasteiger partial charge in [0, 0.05) is 19.3 Å². The third-order valence-electron chi connectivity index (χ3n) is 2.42. The van der Waals surface area contributed by atoms with Crippen LogP contribution in [0.15, 0.2) is 24.3 Å². The molecule has 4 nitrogen and oxygen atoms in total. The molecule has 0 fully saturated rings. The van der Waals surface area contributed by atoms with E-state index < -0.39 is 0 Å². The average Bonchev–Trinajstić information content (AvgIpc) is 2.37. The van der Waals surface area contributed by atoms with Crippen LogP contribution in [0.2, 0.25) is 0 Å². The van der Waals surface area contributed by atoms with Gasteiger partial charge >= 0.3 is 0 Å². The van der Waals surface area contributed by atoms with Gasteiger partial charge in [0.05, 0.1) is 13.2 Å². The largest absolute Gasteiger partial charge is 0.383 e. The van der Waals surface area contributed by atoms with Crippen LogP contribution in [-0.2, 0) is 16.0 Å². The Kier molecular flexibility index (Phi) is 6.10. The number of anilines is 1. The number of carbonyl (C=O) groups is 1. The predicted octanol–water partition coefficient (Wildman–Crippen LogP) is 1.42. The molecule has 1 aromatic rings. The van der Waals surface area contributed by atoms with E-state index in [1.165, 1.54) is 5.56 Å². The molecule has 1 aromatic carbocycles. The minimum atomic E-state index is -0.0241. The van der Waals surface area contributed by atoms with Crippen LogP contribution < -0.4 is 10.6 Å². The molecule has 0 unspecified atom stereocenters. The summed E-state index contributed by atoms with van der Waals surface area (Å²) in [5, 5.41) is 5.85. The van der Waals surface area contributed by atoms with Crippen LogP contribution in [0, 0.1) is 0 Å². The summed E-state index contributed by atoms with van der Waals surface area (Å²) in [6.07, 6.45) is 0.996. The van der Waals surface area contributed by atoms with Crippen molar-refractivity contribution in [3.05, 3.63) is 29.8 Å². The topological polar surface area (TPSA) is 50.4 Å². The molecule has 0 atom stereocenters. The highest BCUT2D eigenvalue weighted by atomic mass is 16.5. The SMILES string of the molecule is CCc1cccc(NCC(=O)NCCOC)c1. The summed E-state index contributed by atoms with van der Waals surface area (Å²) in [4.78, 5) is 11.4. The second kappa shape index (κ2) is 7.68.